The molecular weight excluding hydrogens is 342 g/mol. The van der Waals surface area contributed by atoms with Crippen molar-refractivity contribution in [3.05, 3.63) is 59.5 Å². The van der Waals surface area contributed by atoms with Crippen molar-refractivity contribution in [3.8, 4) is 0 Å². The minimum atomic E-state index is -0.569. The molecule has 2 heterocycles. The number of nitrogens with two attached hydrogens (primary N) is 1. The molecule has 0 aliphatic heterocycles. The second-order valence-corrected chi connectivity index (χ2v) is 6.67. The molecule has 1 aliphatic rings. The Morgan fingerprint density at radius 2 is 2.11 bits per heavy atom. The van der Waals surface area contributed by atoms with E-state index in [0.717, 1.165) is 5.69 Å². The van der Waals surface area contributed by atoms with E-state index in [4.69, 9.17) is 5.73 Å². The molecule has 8 heteroatoms. The lowest BCUT2D eigenvalue weighted by molar-refractivity contribution is 0.100. The maximum absolute atomic E-state index is 11.8. The summed E-state index contributed by atoms with van der Waals surface area (Å²) in [4.78, 5) is 20.4. The van der Waals surface area contributed by atoms with Crippen molar-refractivity contribution in [2.45, 2.75) is 25.3 Å². The molecule has 138 valence electrons. The number of nitrogens with one attached hydrogen (secondary N) is 2. The molecular formula is C19H21N7O. The number of aromatic nitrogens is 4. The van der Waals surface area contributed by atoms with Crippen LogP contribution in [0.1, 0.15) is 40.2 Å². The minimum Gasteiger partial charge on any atom is -0.365 e. The molecule has 0 spiro atoms. The van der Waals surface area contributed by atoms with E-state index < -0.39 is 5.91 Å². The Bertz CT molecular complexity index is 978. The van der Waals surface area contributed by atoms with Crippen molar-refractivity contribution in [2.24, 2.45) is 12.8 Å². The van der Waals surface area contributed by atoms with Crippen LogP contribution < -0.4 is 16.4 Å². The highest BCUT2D eigenvalue weighted by atomic mass is 16.1. The molecule has 1 saturated carbocycles. The average Bonchev–Trinajstić information content (AvgIpc) is 3.43. The van der Waals surface area contributed by atoms with E-state index in [1.165, 1.54) is 30.2 Å². The first-order valence-corrected chi connectivity index (χ1v) is 8.84. The van der Waals surface area contributed by atoms with Crippen LogP contribution in [-0.2, 0) is 13.6 Å². The molecule has 1 fully saturated rings. The Morgan fingerprint density at radius 1 is 1.30 bits per heavy atom. The number of anilines is 3. The number of primary amides is 1. The highest BCUT2D eigenvalue weighted by Crippen LogP contribution is 2.41. The number of benzene rings is 1. The van der Waals surface area contributed by atoms with E-state index in [0.29, 0.717) is 24.2 Å². The van der Waals surface area contributed by atoms with Crippen LogP contribution in [0.3, 0.4) is 0 Å². The predicted molar refractivity (Wildman–Crippen MR) is 103 cm³/mol. The van der Waals surface area contributed by atoms with Crippen LogP contribution in [0.2, 0.25) is 0 Å². The SMILES string of the molecule is Cn1cc(Nc2ncc(C(N)=O)c(NCc3ccccc3C3CC3)n2)cn1. The zero-order chi connectivity index (χ0) is 18.8. The van der Waals surface area contributed by atoms with Gasteiger partial charge in [-0.25, -0.2) is 4.98 Å². The van der Waals surface area contributed by atoms with Crippen LogP contribution in [0.15, 0.2) is 42.9 Å². The van der Waals surface area contributed by atoms with Gasteiger partial charge in [-0.1, -0.05) is 24.3 Å². The summed E-state index contributed by atoms with van der Waals surface area (Å²) < 4.78 is 1.67. The summed E-state index contributed by atoms with van der Waals surface area (Å²) >= 11 is 0. The van der Waals surface area contributed by atoms with Crippen LogP contribution in [0.4, 0.5) is 17.5 Å². The van der Waals surface area contributed by atoms with Gasteiger partial charge in [0.05, 0.1) is 17.4 Å². The Morgan fingerprint density at radius 3 is 2.81 bits per heavy atom. The van der Waals surface area contributed by atoms with Gasteiger partial charge in [0.25, 0.3) is 5.91 Å². The van der Waals surface area contributed by atoms with E-state index in [9.17, 15) is 4.79 Å². The zero-order valence-electron chi connectivity index (χ0n) is 15.0. The summed E-state index contributed by atoms with van der Waals surface area (Å²) in [7, 11) is 1.83. The number of aryl methyl sites for hydroxylation is 1. The lowest BCUT2D eigenvalue weighted by atomic mass is 10.0. The maximum Gasteiger partial charge on any atom is 0.254 e. The first-order valence-electron chi connectivity index (χ1n) is 8.84. The first-order chi connectivity index (χ1) is 13.1. The summed E-state index contributed by atoms with van der Waals surface area (Å²) in [6, 6.07) is 8.35. The molecule has 2 aromatic heterocycles. The predicted octanol–water partition coefficient (Wildman–Crippen LogP) is 2.54. The summed E-state index contributed by atoms with van der Waals surface area (Å²) in [5.74, 6) is 0.855. The standard InChI is InChI=1S/C19H21N7O/c1-26-11-14(9-23-26)24-19-22-10-16(17(20)27)18(25-19)21-8-13-4-2-3-5-15(13)12-6-7-12/h2-5,9-12H,6-8H2,1H3,(H2,20,27)(H2,21,22,24,25). The summed E-state index contributed by atoms with van der Waals surface area (Å²) in [6.07, 6.45) is 7.38. The van der Waals surface area contributed by atoms with Gasteiger partial charge < -0.3 is 16.4 Å². The minimum absolute atomic E-state index is 0.260. The number of carbonyl (C=O) groups is 1. The number of hydrogen-bond donors (Lipinski definition) is 3. The fraction of sp³-hybridized carbons (Fsp3) is 0.263. The molecule has 8 nitrogen and oxygen atoms in total. The Kier molecular flexibility index (Phi) is 4.45. The number of carbonyl (C=O) groups excluding carboxylic acids is 1. The smallest absolute Gasteiger partial charge is 0.254 e. The number of amides is 1. The molecule has 0 unspecified atom stereocenters. The summed E-state index contributed by atoms with van der Waals surface area (Å²) in [6.45, 7) is 0.566. The largest absolute Gasteiger partial charge is 0.365 e. The van der Waals surface area contributed by atoms with Crippen LogP contribution in [0, 0.1) is 0 Å². The number of hydrogen-bond acceptors (Lipinski definition) is 6. The molecule has 0 atom stereocenters. The van der Waals surface area contributed by atoms with Gasteiger partial charge in [0.1, 0.15) is 5.82 Å². The normalized spacial score (nSPS) is 13.4. The van der Waals surface area contributed by atoms with Gasteiger partial charge >= 0.3 is 0 Å². The van der Waals surface area contributed by atoms with Crippen molar-refractivity contribution in [1.29, 1.82) is 0 Å². The van der Waals surface area contributed by atoms with Gasteiger partial charge in [0.15, 0.2) is 0 Å². The first kappa shape index (κ1) is 17.0. The molecule has 4 rings (SSSR count). The van der Waals surface area contributed by atoms with Crippen LogP contribution in [-0.4, -0.2) is 25.7 Å². The molecule has 0 radical (unpaired) electrons. The molecule has 1 aliphatic carbocycles. The molecule has 0 saturated heterocycles. The van der Waals surface area contributed by atoms with E-state index in [1.54, 1.807) is 10.9 Å². The van der Waals surface area contributed by atoms with Gasteiger partial charge in [-0.05, 0) is 29.9 Å². The van der Waals surface area contributed by atoms with Gasteiger partial charge in [-0.15, -0.1) is 0 Å². The molecule has 4 N–H and O–H groups in total. The third kappa shape index (κ3) is 3.89. The molecule has 1 amide bonds. The highest BCUT2D eigenvalue weighted by Gasteiger charge is 2.25. The van der Waals surface area contributed by atoms with Crippen molar-refractivity contribution in [2.75, 3.05) is 10.6 Å². The number of nitrogens with zero attached hydrogens (tertiary/aromatic N) is 4. The van der Waals surface area contributed by atoms with E-state index in [1.807, 2.05) is 19.3 Å². The summed E-state index contributed by atoms with van der Waals surface area (Å²) in [5, 5.41) is 10.4. The lowest BCUT2D eigenvalue weighted by Crippen LogP contribution is -2.17. The van der Waals surface area contributed by atoms with Crippen molar-refractivity contribution < 1.29 is 4.79 Å². The monoisotopic (exact) mass is 363 g/mol. The maximum atomic E-state index is 11.8. The van der Waals surface area contributed by atoms with E-state index >= 15 is 0 Å². The fourth-order valence-electron chi connectivity index (χ4n) is 3.04. The van der Waals surface area contributed by atoms with Gasteiger partial charge in [0, 0.05) is 26.0 Å². The Balaban J connectivity index is 1.56. The quantitative estimate of drug-likeness (QED) is 0.595. The zero-order valence-corrected chi connectivity index (χ0v) is 15.0. The second-order valence-electron chi connectivity index (χ2n) is 6.67. The molecule has 3 aromatic rings. The fourth-order valence-corrected chi connectivity index (χ4v) is 3.04. The lowest BCUT2D eigenvalue weighted by Gasteiger charge is -2.13. The Hall–Kier alpha value is -3.42. The van der Waals surface area contributed by atoms with E-state index in [-0.39, 0.29) is 5.56 Å². The van der Waals surface area contributed by atoms with Gasteiger partial charge in [0.2, 0.25) is 5.95 Å². The molecule has 0 bridgehead atoms. The van der Waals surface area contributed by atoms with Crippen molar-refractivity contribution >= 4 is 23.4 Å². The molecule has 27 heavy (non-hydrogen) atoms. The number of rotatable bonds is 7. The van der Waals surface area contributed by atoms with Gasteiger partial charge in [-0.2, -0.15) is 10.1 Å². The van der Waals surface area contributed by atoms with Gasteiger partial charge in [-0.3, -0.25) is 9.48 Å². The van der Waals surface area contributed by atoms with Crippen molar-refractivity contribution in [1.82, 2.24) is 19.7 Å². The van der Waals surface area contributed by atoms with Crippen LogP contribution in [0.5, 0.6) is 0 Å². The van der Waals surface area contributed by atoms with Crippen LogP contribution >= 0.6 is 0 Å². The van der Waals surface area contributed by atoms with E-state index in [2.05, 4.69) is 43.9 Å². The van der Waals surface area contributed by atoms with Crippen molar-refractivity contribution in [3.63, 3.8) is 0 Å². The third-order valence-electron chi connectivity index (χ3n) is 4.53. The molecule has 1 aromatic carbocycles. The topological polar surface area (TPSA) is 111 Å². The average molecular weight is 363 g/mol. The Labute approximate surface area is 156 Å². The highest BCUT2D eigenvalue weighted by molar-refractivity contribution is 5.97. The third-order valence-corrected chi connectivity index (χ3v) is 4.53. The van der Waals surface area contributed by atoms with Crippen LogP contribution in [0.25, 0.3) is 0 Å². The second kappa shape index (κ2) is 7.06. The summed E-state index contributed by atoms with van der Waals surface area (Å²) in [5.41, 5.74) is 9.06.